The lowest BCUT2D eigenvalue weighted by molar-refractivity contribution is 0.533. The Labute approximate surface area is 103 Å². The van der Waals surface area contributed by atoms with E-state index < -0.39 is 0 Å². The molecule has 2 heteroatoms. The van der Waals surface area contributed by atoms with Crippen molar-refractivity contribution in [3.8, 4) is 0 Å². The van der Waals surface area contributed by atoms with Gasteiger partial charge in [-0.25, -0.2) is 0 Å². The molecule has 0 saturated carbocycles. The van der Waals surface area contributed by atoms with Gasteiger partial charge in [0.1, 0.15) is 0 Å². The quantitative estimate of drug-likeness (QED) is 0.849. The Balaban J connectivity index is 2.20. The van der Waals surface area contributed by atoms with Crippen molar-refractivity contribution in [1.82, 2.24) is 5.32 Å². The van der Waals surface area contributed by atoms with Crippen LogP contribution in [-0.2, 0) is 6.42 Å². The van der Waals surface area contributed by atoms with E-state index in [9.17, 15) is 0 Å². The molecule has 0 fully saturated rings. The fourth-order valence-corrected chi connectivity index (χ4v) is 2.16. The third kappa shape index (κ3) is 2.98. The van der Waals surface area contributed by atoms with Crippen LogP contribution in [0.4, 0.5) is 0 Å². The average molecular weight is 229 g/mol. The molecule has 17 heavy (non-hydrogen) atoms. The van der Waals surface area contributed by atoms with Crippen LogP contribution in [0.2, 0.25) is 0 Å². The lowest BCUT2D eigenvalue weighted by Gasteiger charge is -2.19. The van der Waals surface area contributed by atoms with E-state index in [4.69, 9.17) is 4.42 Å². The van der Waals surface area contributed by atoms with Crippen LogP contribution in [0, 0.1) is 6.92 Å². The first-order valence-corrected chi connectivity index (χ1v) is 6.11. The molecule has 1 unspecified atom stereocenters. The molecule has 0 aliphatic carbocycles. The predicted octanol–water partition coefficient (Wildman–Crippen LogP) is 3.48. The SMILES string of the molecule is CCNC(Cc1ccoc1)c1ccccc1C. The maximum absolute atomic E-state index is 5.13. The highest BCUT2D eigenvalue weighted by molar-refractivity contribution is 5.30. The minimum absolute atomic E-state index is 0.360. The van der Waals surface area contributed by atoms with E-state index in [1.807, 2.05) is 12.3 Å². The Morgan fingerprint density at radius 2 is 2.06 bits per heavy atom. The van der Waals surface area contributed by atoms with Gasteiger partial charge in [-0.1, -0.05) is 31.2 Å². The number of likely N-dealkylation sites (N-methyl/N-ethyl adjacent to an activating group) is 1. The second-order valence-electron chi connectivity index (χ2n) is 4.30. The van der Waals surface area contributed by atoms with Crippen molar-refractivity contribution in [2.24, 2.45) is 0 Å². The van der Waals surface area contributed by atoms with Gasteiger partial charge in [-0.15, -0.1) is 0 Å². The highest BCUT2D eigenvalue weighted by Crippen LogP contribution is 2.21. The summed E-state index contributed by atoms with van der Waals surface area (Å²) >= 11 is 0. The van der Waals surface area contributed by atoms with Crippen LogP contribution < -0.4 is 5.32 Å². The van der Waals surface area contributed by atoms with Crippen LogP contribution in [0.5, 0.6) is 0 Å². The van der Waals surface area contributed by atoms with Crippen LogP contribution >= 0.6 is 0 Å². The van der Waals surface area contributed by atoms with Gasteiger partial charge in [-0.2, -0.15) is 0 Å². The molecular weight excluding hydrogens is 210 g/mol. The van der Waals surface area contributed by atoms with Crippen molar-refractivity contribution in [3.63, 3.8) is 0 Å². The van der Waals surface area contributed by atoms with Crippen molar-refractivity contribution in [3.05, 3.63) is 59.5 Å². The molecule has 0 amide bonds. The number of hydrogen-bond donors (Lipinski definition) is 1. The van der Waals surface area contributed by atoms with Gasteiger partial charge in [0.2, 0.25) is 0 Å². The number of rotatable bonds is 5. The molecule has 0 spiro atoms. The summed E-state index contributed by atoms with van der Waals surface area (Å²) in [5, 5.41) is 3.54. The third-order valence-electron chi connectivity index (χ3n) is 3.03. The Morgan fingerprint density at radius 1 is 1.24 bits per heavy atom. The lowest BCUT2D eigenvalue weighted by Crippen LogP contribution is -2.23. The van der Waals surface area contributed by atoms with E-state index in [0.717, 1.165) is 13.0 Å². The maximum Gasteiger partial charge on any atom is 0.0935 e. The lowest BCUT2D eigenvalue weighted by atomic mass is 9.96. The van der Waals surface area contributed by atoms with Gasteiger partial charge < -0.3 is 9.73 Å². The molecular formula is C15H19NO. The Morgan fingerprint density at radius 3 is 2.71 bits per heavy atom. The Bertz CT molecular complexity index is 448. The molecule has 0 bridgehead atoms. The zero-order chi connectivity index (χ0) is 12.1. The minimum Gasteiger partial charge on any atom is -0.472 e. The second-order valence-corrected chi connectivity index (χ2v) is 4.30. The molecule has 0 saturated heterocycles. The normalized spacial score (nSPS) is 12.6. The largest absolute Gasteiger partial charge is 0.472 e. The molecule has 0 aliphatic rings. The zero-order valence-corrected chi connectivity index (χ0v) is 10.4. The Hall–Kier alpha value is -1.54. The molecule has 0 radical (unpaired) electrons. The summed E-state index contributed by atoms with van der Waals surface area (Å²) in [5.41, 5.74) is 3.94. The highest BCUT2D eigenvalue weighted by atomic mass is 16.3. The first-order chi connectivity index (χ1) is 8.31. The number of hydrogen-bond acceptors (Lipinski definition) is 2. The van der Waals surface area contributed by atoms with Gasteiger partial charge in [-0.3, -0.25) is 0 Å². The van der Waals surface area contributed by atoms with Crippen molar-refractivity contribution in [2.45, 2.75) is 26.3 Å². The van der Waals surface area contributed by atoms with Gasteiger partial charge in [0, 0.05) is 6.04 Å². The zero-order valence-electron chi connectivity index (χ0n) is 10.4. The summed E-state index contributed by atoms with van der Waals surface area (Å²) in [6.07, 6.45) is 4.52. The monoisotopic (exact) mass is 229 g/mol. The van der Waals surface area contributed by atoms with Gasteiger partial charge in [-0.05, 0) is 42.6 Å². The molecule has 1 aromatic heterocycles. The second kappa shape index (κ2) is 5.69. The molecule has 1 N–H and O–H groups in total. The summed E-state index contributed by atoms with van der Waals surface area (Å²) in [7, 11) is 0. The van der Waals surface area contributed by atoms with Crippen LogP contribution in [-0.4, -0.2) is 6.54 Å². The topological polar surface area (TPSA) is 25.2 Å². The molecule has 0 aliphatic heterocycles. The summed E-state index contributed by atoms with van der Waals surface area (Å²) < 4.78 is 5.13. The van der Waals surface area contributed by atoms with Crippen molar-refractivity contribution < 1.29 is 4.42 Å². The average Bonchev–Trinajstić information content (AvgIpc) is 2.82. The molecule has 2 rings (SSSR count). The molecule has 1 aromatic carbocycles. The van der Waals surface area contributed by atoms with E-state index in [0.29, 0.717) is 6.04 Å². The van der Waals surface area contributed by atoms with Crippen LogP contribution in [0.3, 0.4) is 0 Å². The van der Waals surface area contributed by atoms with E-state index in [-0.39, 0.29) is 0 Å². The summed E-state index contributed by atoms with van der Waals surface area (Å²) in [6, 6.07) is 10.9. The van der Waals surface area contributed by atoms with Crippen LogP contribution in [0.1, 0.15) is 29.7 Å². The van der Waals surface area contributed by atoms with Crippen LogP contribution in [0.15, 0.2) is 47.3 Å². The fourth-order valence-electron chi connectivity index (χ4n) is 2.16. The fraction of sp³-hybridized carbons (Fsp3) is 0.333. The standard InChI is InChI=1S/C15H19NO/c1-3-16-15(10-13-8-9-17-11-13)14-7-5-4-6-12(14)2/h4-9,11,15-16H,3,10H2,1-2H3. The maximum atomic E-state index is 5.13. The van der Waals surface area contributed by atoms with Gasteiger partial charge in [0.25, 0.3) is 0 Å². The first-order valence-electron chi connectivity index (χ1n) is 6.11. The van der Waals surface area contributed by atoms with Gasteiger partial charge in [0.15, 0.2) is 0 Å². The first kappa shape index (κ1) is 11.9. The smallest absolute Gasteiger partial charge is 0.0935 e. The van der Waals surface area contributed by atoms with Crippen molar-refractivity contribution in [2.75, 3.05) is 6.54 Å². The summed E-state index contributed by atoms with van der Waals surface area (Å²) in [4.78, 5) is 0. The molecule has 1 atom stereocenters. The number of benzene rings is 1. The number of nitrogens with one attached hydrogen (secondary N) is 1. The van der Waals surface area contributed by atoms with E-state index in [1.54, 1.807) is 6.26 Å². The van der Waals surface area contributed by atoms with E-state index in [1.165, 1.54) is 16.7 Å². The Kier molecular flexibility index (Phi) is 3.99. The van der Waals surface area contributed by atoms with Crippen molar-refractivity contribution >= 4 is 0 Å². The summed E-state index contributed by atoms with van der Waals surface area (Å²) in [5.74, 6) is 0. The molecule has 2 aromatic rings. The van der Waals surface area contributed by atoms with Crippen molar-refractivity contribution in [1.29, 1.82) is 0 Å². The number of aryl methyl sites for hydroxylation is 1. The predicted molar refractivity (Wildman–Crippen MR) is 70.0 cm³/mol. The molecule has 1 heterocycles. The number of furan rings is 1. The third-order valence-corrected chi connectivity index (χ3v) is 3.03. The van der Waals surface area contributed by atoms with Crippen LogP contribution in [0.25, 0.3) is 0 Å². The summed E-state index contributed by atoms with van der Waals surface area (Å²) in [6.45, 7) is 5.27. The van der Waals surface area contributed by atoms with Gasteiger partial charge >= 0.3 is 0 Å². The van der Waals surface area contributed by atoms with E-state index >= 15 is 0 Å². The van der Waals surface area contributed by atoms with E-state index in [2.05, 4.69) is 43.4 Å². The highest BCUT2D eigenvalue weighted by Gasteiger charge is 2.13. The minimum atomic E-state index is 0.360. The molecule has 90 valence electrons. The van der Waals surface area contributed by atoms with Gasteiger partial charge in [0.05, 0.1) is 12.5 Å². The molecule has 2 nitrogen and oxygen atoms in total.